The summed E-state index contributed by atoms with van der Waals surface area (Å²) >= 11 is 0. The van der Waals surface area contributed by atoms with Crippen LogP contribution in [0.2, 0.25) is 0 Å². The number of aliphatic hydroxyl groups excluding tert-OH is 1. The predicted octanol–water partition coefficient (Wildman–Crippen LogP) is 2.44. The first-order chi connectivity index (χ1) is 18.8. The molecule has 40 heavy (non-hydrogen) atoms. The number of carbonyl (C=O) groups is 3. The van der Waals surface area contributed by atoms with Gasteiger partial charge in [-0.2, -0.15) is 0 Å². The monoisotopic (exact) mass is 552 g/mol. The molecule has 4 rings (SSSR count). The maximum Gasteiger partial charge on any atom is 0.550 e. The van der Waals surface area contributed by atoms with E-state index in [0.717, 1.165) is 5.56 Å². The fourth-order valence-corrected chi connectivity index (χ4v) is 6.26. The average Bonchev–Trinajstić information content (AvgIpc) is 3.24. The minimum absolute atomic E-state index is 0.0526. The number of aromatic nitrogens is 1. The van der Waals surface area contributed by atoms with Crippen molar-refractivity contribution in [3.05, 3.63) is 54.2 Å². The molecule has 3 heterocycles. The highest BCUT2D eigenvalue weighted by Gasteiger charge is 2.72. The molecule has 2 aliphatic heterocycles. The molecule has 2 unspecified atom stereocenters. The Morgan fingerprint density at radius 2 is 1.73 bits per heavy atom. The number of hydrogen-bond donors (Lipinski definition) is 3. The van der Waals surface area contributed by atoms with Gasteiger partial charge in [0.1, 0.15) is 17.8 Å². The number of fused-ring (bicyclic) bond motifs is 1. The fourth-order valence-electron chi connectivity index (χ4n) is 6.26. The van der Waals surface area contributed by atoms with Crippen molar-refractivity contribution in [1.82, 2.24) is 15.6 Å². The summed E-state index contributed by atoms with van der Waals surface area (Å²) in [5.74, 6) is -2.10. The molecule has 1 aromatic heterocycles. The standard InChI is InChI=1S/C29H41BN4O6/c1-17(2)16-25(30-34(7,18(3)21(6)39-30)19(4)29(38)40-30)32-28(37)26(20(5)35)33-27(36)24-15-11-14-23(31-24)22-12-9-8-10-13-22/h8-15,17-21,25-26,35H,16H2,1-7H3,(H,32,37)(H,33,36)/t18-,19+,20-,21-,25+,26+,30?,34?/m1/s1. The third kappa shape index (κ3) is 5.13. The van der Waals surface area contributed by atoms with Gasteiger partial charge in [0.2, 0.25) is 5.91 Å². The van der Waals surface area contributed by atoms with Crippen molar-refractivity contribution in [2.75, 3.05) is 7.05 Å². The molecule has 3 N–H and O–H groups in total. The number of nitrogens with zero attached hydrogens (tertiary/aromatic N) is 2. The molecule has 0 saturated carbocycles. The predicted molar refractivity (Wildman–Crippen MR) is 151 cm³/mol. The van der Waals surface area contributed by atoms with Crippen LogP contribution in [0.4, 0.5) is 0 Å². The Bertz CT molecular complexity index is 1260. The summed E-state index contributed by atoms with van der Waals surface area (Å²) in [7, 11) is 1.95. The molecule has 2 aliphatic rings. The van der Waals surface area contributed by atoms with E-state index in [4.69, 9.17) is 9.31 Å². The first kappa shape index (κ1) is 29.7. The number of amides is 2. The van der Waals surface area contributed by atoms with E-state index in [1.54, 1.807) is 18.2 Å². The second-order valence-corrected chi connectivity index (χ2v) is 11.9. The molecular weight excluding hydrogens is 511 g/mol. The lowest BCUT2D eigenvalue weighted by atomic mass is 9.57. The summed E-state index contributed by atoms with van der Waals surface area (Å²) in [6.07, 6.45) is -0.943. The number of pyridine rings is 1. The molecule has 216 valence electrons. The van der Waals surface area contributed by atoms with E-state index in [2.05, 4.69) is 15.6 Å². The van der Waals surface area contributed by atoms with E-state index in [0.29, 0.717) is 12.1 Å². The van der Waals surface area contributed by atoms with E-state index in [-0.39, 0.29) is 34.1 Å². The summed E-state index contributed by atoms with van der Waals surface area (Å²) in [6, 6.07) is 12.7. The van der Waals surface area contributed by atoms with E-state index in [1.807, 2.05) is 72.0 Å². The van der Waals surface area contributed by atoms with Gasteiger partial charge in [-0.05, 0) is 45.7 Å². The van der Waals surface area contributed by atoms with Crippen LogP contribution in [0, 0.1) is 5.92 Å². The van der Waals surface area contributed by atoms with Gasteiger partial charge >= 0.3 is 12.7 Å². The van der Waals surface area contributed by atoms with Crippen molar-refractivity contribution in [3.8, 4) is 11.3 Å². The van der Waals surface area contributed by atoms with Crippen molar-refractivity contribution < 1.29 is 33.2 Å². The van der Waals surface area contributed by atoms with Gasteiger partial charge in [-0.15, -0.1) is 0 Å². The number of rotatable bonds is 9. The summed E-state index contributed by atoms with van der Waals surface area (Å²) < 4.78 is 12.7. The Morgan fingerprint density at radius 1 is 1.05 bits per heavy atom. The fraction of sp³-hybridized carbons (Fsp3) is 0.517. The van der Waals surface area contributed by atoms with Gasteiger partial charge in [-0.1, -0.05) is 56.7 Å². The van der Waals surface area contributed by atoms with Crippen LogP contribution in [0.1, 0.15) is 58.5 Å². The molecule has 11 heteroatoms. The van der Waals surface area contributed by atoms with Gasteiger partial charge in [-0.25, -0.2) is 9.78 Å². The molecule has 2 aromatic rings. The lowest BCUT2D eigenvalue weighted by molar-refractivity contribution is -0.846. The molecule has 2 fully saturated rings. The highest BCUT2D eigenvalue weighted by atomic mass is 16.7. The summed E-state index contributed by atoms with van der Waals surface area (Å²) in [4.78, 5) is 44.3. The van der Waals surface area contributed by atoms with Crippen LogP contribution in [0.5, 0.6) is 0 Å². The van der Waals surface area contributed by atoms with Crippen molar-refractivity contribution >= 4 is 24.5 Å². The average molecular weight is 552 g/mol. The maximum absolute atomic E-state index is 13.7. The van der Waals surface area contributed by atoms with Gasteiger partial charge < -0.3 is 29.4 Å². The lowest BCUT2D eigenvalue weighted by Gasteiger charge is -2.51. The van der Waals surface area contributed by atoms with Crippen LogP contribution in [-0.2, 0) is 18.9 Å². The summed E-state index contributed by atoms with van der Waals surface area (Å²) in [5, 5.41) is 16.2. The Labute approximate surface area is 236 Å². The first-order valence-corrected chi connectivity index (χ1v) is 14.0. The lowest BCUT2D eigenvalue weighted by Crippen LogP contribution is -2.75. The van der Waals surface area contributed by atoms with Crippen LogP contribution in [-0.4, -0.2) is 82.3 Å². The summed E-state index contributed by atoms with van der Waals surface area (Å²) in [5.41, 5.74) is 1.58. The van der Waals surface area contributed by atoms with Crippen LogP contribution in [0.3, 0.4) is 0 Å². The normalized spacial score (nSPS) is 29.8. The molecular formula is C29H41BN4O6. The Kier molecular flexibility index (Phi) is 8.40. The number of benzene rings is 1. The molecule has 1 aromatic carbocycles. The van der Waals surface area contributed by atoms with E-state index < -0.39 is 42.6 Å². The quantitative estimate of drug-likeness (QED) is 0.408. The van der Waals surface area contributed by atoms with Crippen LogP contribution < -0.4 is 10.6 Å². The van der Waals surface area contributed by atoms with Gasteiger partial charge in [0.25, 0.3) is 5.91 Å². The zero-order valence-corrected chi connectivity index (χ0v) is 24.3. The molecule has 0 spiro atoms. The van der Waals surface area contributed by atoms with Crippen molar-refractivity contribution in [3.63, 3.8) is 0 Å². The number of nitrogens with one attached hydrogen (secondary N) is 2. The van der Waals surface area contributed by atoms with Crippen LogP contribution in [0.15, 0.2) is 48.5 Å². The van der Waals surface area contributed by atoms with E-state index in [1.165, 1.54) is 6.92 Å². The van der Waals surface area contributed by atoms with Gasteiger partial charge in [0, 0.05) is 18.6 Å². The van der Waals surface area contributed by atoms with Crippen molar-refractivity contribution in [2.24, 2.45) is 5.92 Å². The Morgan fingerprint density at radius 3 is 2.35 bits per heavy atom. The van der Waals surface area contributed by atoms with Gasteiger partial charge in [0.05, 0.1) is 23.9 Å². The third-order valence-corrected chi connectivity index (χ3v) is 8.87. The molecule has 2 saturated heterocycles. The van der Waals surface area contributed by atoms with Crippen molar-refractivity contribution in [2.45, 2.75) is 84.2 Å². The Balaban J connectivity index is 1.59. The van der Waals surface area contributed by atoms with Gasteiger partial charge in [-0.3, -0.25) is 9.59 Å². The largest absolute Gasteiger partial charge is 0.609 e. The number of quaternary nitrogens is 1. The third-order valence-electron chi connectivity index (χ3n) is 8.87. The first-order valence-electron chi connectivity index (χ1n) is 14.0. The molecule has 2 amide bonds. The molecule has 0 radical (unpaired) electrons. The smallest absolute Gasteiger partial charge is 0.550 e. The van der Waals surface area contributed by atoms with E-state index >= 15 is 0 Å². The minimum atomic E-state index is -2.32. The van der Waals surface area contributed by atoms with Crippen molar-refractivity contribution in [1.29, 1.82) is 0 Å². The molecule has 0 bridgehead atoms. The second-order valence-electron chi connectivity index (χ2n) is 11.9. The molecule has 10 nitrogen and oxygen atoms in total. The zero-order valence-electron chi connectivity index (χ0n) is 24.3. The molecule has 8 atom stereocenters. The number of hydrogen-bond acceptors (Lipinski definition) is 7. The number of aliphatic hydroxyl groups is 1. The van der Waals surface area contributed by atoms with Crippen LogP contribution in [0.25, 0.3) is 11.3 Å². The zero-order chi connectivity index (χ0) is 29.4. The van der Waals surface area contributed by atoms with Crippen LogP contribution >= 0.6 is 0 Å². The highest BCUT2D eigenvalue weighted by molar-refractivity contribution is 6.65. The van der Waals surface area contributed by atoms with E-state index in [9.17, 15) is 19.5 Å². The number of likely N-dealkylation sites (N-methyl/N-ethyl adjacent to an activating group) is 1. The minimum Gasteiger partial charge on any atom is -0.609 e. The maximum atomic E-state index is 13.7. The number of carbonyl (C=O) groups excluding carboxylic acids is 3. The SMILES string of the molecule is CC(C)C[C@H](NC(=O)[C@@H](NC(=O)c1cccc(-c2ccccc2)n1)[C@@H](C)O)[B-]12OC(=O)[C@H](C)[N+]1(C)[C@H](C)[C@@H](C)O2. The Hall–Kier alpha value is -3.28. The highest BCUT2D eigenvalue weighted by Crippen LogP contribution is 2.46. The van der Waals surface area contributed by atoms with Gasteiger partial charge in [0.15, 0.2) is 0 Å². The molecule has 0 aliphatic carbocycles. The summed E-state index contributed by atoms with van der Waals surface area (Å²) in [6.45, 7) is 8.93. The second kappa shape index (κ2) is 11.3. The topological polar surface area (TPSA) is 127 Å².